The number of hydrogen-bond acceptors (Lipinski definition) is 4. The maximum Gasteiger partial charge on any atom is 0.245 e. The number of anilines is 1. The summed E-state index contributed by atoms with van der Waals surface area (Å²) < 4.78 is 1.53. The van der Waals surface area contributed by atoms with Crippen molar-refractivity contribution in [3.05, 3.63) is 35.4 Å². The number of nitrogens with one attached hydrogen (secondary N) is 1. The summed E-state index contributed by atoms with van der Waals surface area (Å²) >= 11 is 6.13. The van der Waals surface area contributed by atoms with Crippen LogP contribution in [0.25, 0.3) is 5.69 Å². The van der Waals surface area contributed by atoms with Gasteiger partial charge in [-0.25, -0.2) is 9.67 Å². The molecule has 1 amide bonds. The number of halogens is 1. The molecule has 86 valence electrons. The Bertz CT molecular complexity index is 595. The Hall–Kier alpha value is -1.92. The summed E-state index contributed by atoms with van der Waals surface area (Å²) in [4.78, 5) is 15.3. The molecule has 0 radical (unpaired) electrons. The Morgan fingerprint density at radius 2 is 2.29 bits per heavy atom. The summed E-state index contributed by atoms with van der Waals surface area (Å²) in [5.41, 5.74) is 7.73. The fraction of sp³-hybridized carbons (Fsp3) is 0.100. The van der Waals surface area contributed by atoms with Crippen LogP contribution in [0.1, 0.15) is 11.6 Å². The van der Waals surface area contributed by atoms with E-state index in [0.717, 1.165) is 0 Å². The van der Waals surface area contributed by atoms with E-state index in [9.17, 15) is 4.79 Å². The van der Waals surface area contributed by atoms with Gasteiger partial charge in [0, 0.05) is 11.3 Å². The zero-order chi connectivity index (χ0) is 12.0. The molecule has 2 aromatic rings. The van der Waals surface area contributed by atoms with Gasteiger partial charge in [0.25, 0.3) is 0 Å². The van der Waals surface area contributed by atoms with Crippen LogP contribution in [0, 0.1) is 0 Å². The van der Waals surface area contributed by atoms with E-state index < -0.39 is 6.04 Å². The Morgan fingerprint density at radius 3 is 3.00 bits per heavy atom. The number of nitrogens with zero attached hydrogens (tertiary/aromatic N) is 3. The summed E-state index contributed by atoms with van der Waals surface area (Å²) in [5.74, 6) is -0.230. The lowest BCUT2D eigenvalue weighted by Gasteiger charge is -2.07. The molecule has 0 saturated carbocycles. The van der Waals surface area contributed by atoms with E-state index in [-0.39, 0.29) is 5.91 Å². The molecule has 1 aliphatic heterocycles. The van der Waals surface area contributed by atoms with Crippen LogP contribution in [0.2, 0.25) is 5.02 Å². The normalized spacial score (nSPS) is 18.0. The van der Waals surface area contributed by atoms with E-state index >= 15 is 0 Å². The minimum absolute atomic E-state index is 0.230. The zero-order valence-corrected chi connectivity index (χ0v) is 9.35. The first-order chi connectivity index (χ1) is 8.16. The first-order valence-electron chi connectivity index (χ1n) is 4.91. The second-order valence-electron chi connectivity index (χ2n) is 3.70. The Morgan fingerprint density at radius 1 is 1.47 bits per heavy atom. The quantitative estimate of drug-likeness (QED) is 0.785. The number of rotatable bonds is 1. The fourth-order valence-corrected chi connectivity index (χ4v) is 2.06. The van der Waals surface area contributed by atoms with Crippen molar-refractivity contribution in [2.45, 2.75) is 6.04 Å². The first kappa shape index (κ1) is 10.2. The van der Waals surface area contributed by atoms with Crippen molar-refractivity contribution in [3.63, 3.8) is 0 Å². The lowest BCUT2D eigenvalue weighted by Crippen LogP contribution is -2.19. The van der Waals surface area contributed by atoms with Crippen molar-refractivity contribution in [3.8, 4) is 5.69 Å². The molecular weight excluding hydrogens is 242 g/mol. The van der Waals surface area contributed by atoms with Crippen molar-refractivity contribution >= 4 is 23.2 Å². The molecule has 6 nitrogen and oxygen atoms in total. The Balaban J connectivity index is 2.16. The van der Waals surface area contributed by atoms with Crippen LogP contribution < -0.4 is 11.1 Å². The number of hydrogen-bond donors (Lipinski definition) is 2. The number of aromatic nitrogens is 3. The second-order valence-corrected chi connectivity index (χ2v) is 4.11. The third-order valence-corrected chi connectivity index (χ3v) is 2.96. The topological polar surface area (TPSA) is 85.8 Å². The third kappa shape index (κ3) is 1.49. The molecule has 0 spiro atoms. The number of carbonyl (C=O) groups is 1. The van der Waals surface area contributed by atoms with E-state index in [1.807, 2.05) is 0 Å². The summed E-state index contributed by atoms with van der Waals surface area (Å²) in [5, 5.41) is 7.15. The van der Waals surface area contributed by atoms with Crippen molar-refractivity contribution in [2.24, 2.45) is 5.73 Å². The van der Waals surface area contributed by atoms with Gasteiger partial charge in [0.05, 0.1) is 10.7 Å². The second kappa shape index (κ2) is 3.54. The molecule has 7 heteroatoms. The van der Waals surface area contributed by atoms with Crippen molar-refractivity contribution in [1.29, 1.82) is 0 Å². The van der Waals surface area contributed by atoms with Crippen LogP contribution in [0.15, 0.2) is 24.8 Å². The predicted octanol–water partition coefficient (Wildman–Crippen LogP) is 0.873. The highest BCUT2D eigenvalue weighted by Gasteiger charge is 2.28. The highest BCUT2D eigenvalue weighted by molar-refractivity contribution is 6.32. The summed E-state index contributed by atoms with van der Waals surface area (Å²) in [6, 6.07) is 2.75. The number of nitrogens with two attached hydrogens (primary N) is 1. The fourth-order valence-electron chi connectivity index (χ4n) is 1.80. The molecule has 3 N–H and O–H groups in total. The van der Waals surface area contributed by atoms with Crippen molar-refractivity contribution in [2.75, 3.05) is 5.32 Å². The third-order valence-electron chi connectivity index (χ3n) is 2.66. The zero-order valence-electron chi connectivity index (χ0n) is 8.59. The highest BCUT2D eigenvalue weighted by atomic mass is 35.5. The molecule has 0 fully saturated rings. The number of amides is 1. The van der Waals surface area contributed by atoms with Gasteiger partial charge in [-0.1, -0.05) is 11.6 Å². The van der Waals surface area contributed by atoms with Crippen LogP contribution in [0.3, 0.4) is 0 Å². The first-order valence-corrected chi connectivity index (χ1v) is 5.29. The summed E-state index contributed by atoms with van der Waals surface area (Å²) in [6.07, 6.45) is 2.94. The molecule has 0 saturated heterocycles. The average molecular weight is 250 g/mol. The summed E-state index contributed by atoms with van der Waals surface area (Å²) in [6.45, 7) is 0. The van der Waals surface area contributed by atoms with Gasteiger partial charge in [0.1, 0.15) is 18.7 Å². The molecule has 1 aromatic carbocycles. The number of fused-ring (bicyclic) bond motifs is 1. The van der Waals surface area contributed by atoms with Crippen molar-refractivity contribution in [1.82, 2.24) is 14.8 Å². The lowest BCUT2D eigenvalue weighted by molar-refractivity contribution is -0.116. The molecule has 1 aliphatic rings. The minimum atomic E-state index is -0.660. The average Bonchev–Trinajstić information content (AvgIpc) is 2.90. The molecule has 1 aromatic heterocycles. The van der Waals surface area contributed by atoms with Crippen LogP contribution >= 0.6 is 11.6 Å². The van der Waals surface area contributed by atoms with E-state index in [0.29, 0.717) is 22.0 Å². The van der Waals surface area contributed by atoms with Gasteiger partial charge in [-0.05, 0) is 12.1 Å². The molecule has 17 heavy (non-hydrogen) atoms. The van der Waals surface area contributed by atoms with Gasteiger partial charge in [-0.3, -0.25) is 4.79 Å². The maximum absolute atomic E-state index is 11.4. The van der Waals surface area contributed by atoms with E-state index in [1.165, 1.54) is 17.3 Å². The van der Waals surface area contributed by atoms with Gasteiger partial charge in [-0.15, -0.1) is 0 Å². The Labute approximate surface area is 101 Å². The van der Waals surface area contributed by atoms with Gasteiger partial charge in [-0.2, -0.15) is 5.10 Å². The minimum Gasteiger partial charge on any atom is -0.324 e. The van der Waals surface area contributed by atoms with Crippen LogP contribution in [0.5, 0.6) is 0 Å². The van der Waals surface area contributed by atoms with Gasteiger partial charge in [0.15, 0.2) is 0 Å². The summed E-state index contributed by atoms with van der Waals surface area (Å²) in [7, 11) is 0. The Kier molecular flexibility index (Phi) is 2.13. The maximum atomic E-state index is 11.4. The molecule has 1 unspecified atom stereocenters. The molecule has 0 bridgehead atoms. The smallest absolute Gasteiger partial charge is 0.245 e. The van der Waals surface area contributed by atoms with E-state index in [4.69, 9.17) is 17.3 Å². The van der Waals surface area contributed by atoms with Gasteiger partial charge >= 0.3 is 0 Å². The van der Waals surface area contributed by atoms with Crippen LogP contribution in [0.4, 0.5) is 5.69 Å². The van der Waals surface area contributed by atoms with Gasteiger partial charge < -0.3 is 11.1 Å². The monoisotopic (exact) mass is 249 g/mol. The number of benzene rings is 1. The van der Waals surface area contributed by atoms with E-state index in [2.05, 4.69) is 15.4 Å². The largest absolute Gasteiger partial charge is 0.324 e. The van der Waals surface area contributed by atoms with E-state index in [1.54, 1.807) is 12.1 Å². The molecule has 3 rings (SSSR count). The lowest BCUT2D eigenvalue weighted by atomic mass is 10.1. The standard InChI is InChI=1S/C10H8ClN5O/c11-6-1-5-7(15-10(17)9(5)12)2-8(6)16-4-13-3-14-16/h1-4,9H,12H2,(H,15,17). The highest BCUT2D eigenvalue weighted by Crippen LogP contribution is 2.35. The predicted molar refractivity (Wildman–Crippen MR) is 61.9 cm³/mol. The SMILES string of the molecule is NC1C(=O)Nc2cc(-n3cncn3)c(Cl)cc21. The van der Waals surface area contributed by atoms with Crippen LogP contribution in [-0.2, 0) is 4.79 Å². The molecule has 2 heterocycles. The van der Waals surface area contributed by atoms with Crippen molar-refractivity contribution < 1.29 is 4.79 Å². The molecular formula is C10H8ClN5O. The molecule has 1 atom stereocenters. The molecule has 0 aliphatic carbocycles. The van der Waals surface area contributed by atoms with Gasteiger partial charge in [0.2, 0.25) is 5.91 Å². The van der Waals surface area contributed by atoms with Crippen LogP contribution in [-0.4, -0.2) is 20.7 Å². The number of carbonyl (C=O) groups excluding carboxylic acids is 1.